The van der Waals surface area contributed by atoms with Crippen molar-refractivity contribution < 1.29 is 9.90 Å². The summed E-state index contributed by atoms with van der Waals surface area (Å²) in [4.78, 5) is 10.6. The summed E-state index contributed by atoms with van der Waals surface area (Å²) in [6.07, 6.45) is 2.68. The van der Waals surface area contributed by atoms with Crippen LogP contribution in [0.1, 0.15) is 19.3 Å². The molecule has 0 spiro atoms. The van der Waals surface area contributed by atoms with Gasteiger partial charge in [0.2, 0.25) is 0 Å². The summed E-state index contributed by atoms with van der Waals surface area (Å²) >= 11 is 0. The van der Waals surface area contributed by atoms with Crippen LogP contribution in [-0.2, 0) is 4.79 Å². The van der Waals surface area contributed by atoms with Gasteiger partial charge >= 0.3 is 5.97 Å². The smallest absolute Gasteiger partial charge is 0.308 e. The molecular weight excluding hydrogens is 166 g/mol. The molecule has 11 heavy (non-hydrogen) atoms. The zero-order valence-electron chi connectivity index (χ0n) is 6.12. The van der Waals surface area contributed by atoms with Gasteiger partial charge in [-0.05, 0) is 25.2 Å². The van der Waals surface area contributed by atoms with E-state index < -0.39 is 5.97 Å². The van der Waals surface area contributed by atoms with Crippen LogP contribution in [0.15, 0.2) is 0 Å². The zero-order valence-corrected chi connectivity index (χ0v) is 6.93. The molecule has 4 heteroatoms. The van der Waals surface area contributed by atoms with Crippen LogP contribution in [0.5, 0.6) is 0 Å². The molecule has 3 N–H and O–H groups in total. The third kappa shape index (κ3) is 1.03. The van der Waals surface area contributed by atoms with Crippen LogP contribution in [0, 0.1) is 11.8 Å². The van der Waals surface area contributed by atoms with E-state index in [1.54, 1.807) is 0 Å². The van der Waals surface area contributed by atoms with Gasteiger partial charge in [-0.1, -0.05) is 0 Å². The Kier molecular flexibility index (Phi) is 1.89. The Labute approximate surface area is 71.4 Å². The largest absolute Gasteiger partial charge is 0.481 e. The average molecular weight is 178 g/mol. The van der Waals surface area contributed by atoms with Crippen LogP contribution in [0.4, 0.5) is 0 Å². The van der Waals surface area contributed by atoms with E-state index in [1.165, 1.54) is 0 Å². The number of fused-ring (bicyclic) bond motifs is 1. The molecule has 3 aliphatic carbocycles. The number of hydrogen-bond donors (Lipinski definition) is 2. The minimum atomic E-state index is -0.706. The molecule has 0 aromatic rings. The molecule has 1 atom stereocenters. The summed E-state index contributed by atoms with van der Waals surface area (Å²) in [7, 11) is 0. The van der Waals surface area contributed by atoms with Crippen LogP contribution in [0.25, 0.3) is 0 Å². The van der Waals surface area contributed by atoms with Gasteiger partial charge in [-0.15, -0.1) is 12.4 Å². The maximum atomic E-state index is 10.6. The lowest BCUT2D eigenvalue weighted by molar-refractivity contribution is -0.143. The van der Waals surface area contributed by atoms with Crippen molar-refractivity contribution >= 4 is 18.4 Å². The Bertz CT molecular complexity index is 189. The van der Waals surface area contributed by atoms with Gasteiger partial charge in [0.25, 0.3) is 0 Å². The molecule has 1 unspecified atom stereocenters. The third-order valence-corrected chi connectivity index (χ3v) is 2.90. The standard InChI is InChI=1S/C7H11NO2.ClH/c8-7-2-4(3-7)1-5(7)6(9)10;/h4-5H,1-3,8H2,(H,9,10);1H. The van der Waals surface area contributed by atoms with Crippen molar-refractivity contribution in [3.63, 3.8) is 0 Å². The molecule has 3 rings (SSSR count). The minimum Gasteiger partial charge on any atom is -0.481 e. The van der Waals surface area contributed by atoms with Crippen molar-refractivity contribution in [1.82, 2.24) is 0 Å². The lowest BCUT2D eigenvalue weighted by Crippen LogP contribution is -2.50. The second-order valence-electron chi connectivity index (χ2n) is 3.63. The van der Waals surface area contributed by atoms with E-state index in [9.17, 15) is 4.79 Å². The summed E-state index contributed by atoms with van der Waals surface area (Å²) in [6, 6.07) is 0. The second-order valence-corrected chi connectivity index (χ2v) is 3.63. The highest BCUT2D eigenvalue weighted by Gasteiger charge is 2.57. The van der Waals surface area contributed by atoms with Gasteiger partial charge in [0.15, 0.2) is 0 Å². The quantitative estimate of drug-likeness (QED) is 0.617. The molecule has 0 amide bonds. The summed E-state index contributed by atoms with van der Waals surface area (Å²) in [6.45, 7) is 0. The highest BCUT2D eigenvalue weighted by Crippen LogP contribution is 2.53. The maximum absolute atomic E-state index is 10.6. The van der Waals surface area contributed by atoms with E-state index in [2.05, 4.69) is 0 Å². The number of nitrogens with two attached hydrogens (primary N) is 1. The summed E-state index contributed by atoms with van der Waals surface area (Å²) < 4.78 is 0. The molecule has 0 saturated heterocycles. The first-order valence-corrected chi connectivity index (χ1v) is 3.63. The Hall–Kier alpha value is -0.280. The molecule has 0 heterocycles. The molecule has 3 aliphatic rings. The van der Waals surface area contributed by atoms with Crippen molar-refractivity contribution in [3.05, 3.63) is 0 Å². The SMILES string of the molecule is Cl.NC12CC(CC1C(=O)O)C2. The van der Waals surface area contributed by atoms with E-state index in [1.807, 2.05) is 0 Å². The van der Waals surface area contributed by atoms with Gasteiger partial charge in [0.05, 0.1) is 5.92 Å². The molecule has 3 fully saturated rings. The van der Waals surface area contributed by atoms with E-state index in [-0.39, 0.29) is 23.9 Å². The number of aliphatic carboxylic acids is 1. The summed E-state index contributed by atoms with van der Waals surface area (Å²) in [5.74, 6) is -0.342. The van der Waals surface area contributed by atoms with E-state index in [0.29, 0.717) is 5.92 Å². The number of carboxylic acids is 1. The van der Waals surface area contributed by atoms with Gasteiger partial charge < -0.3 is 10.8 Å². The number of halogens is 1. The van der Waals surface area contributed by atoms with Crippen LogP contribution in [-0.4, -0.2) is 16.6 Å². The van der Waals surface area contributed by atoms with Crippen LogP contribution >= 0.6 is 12.4 Å². The maximum Gasteiger partial charge on any atom is 0.308 e. The first kappa shape index (κ1) is 8.81. The Morgan fingerprint density at radius 1 is 1.55 bits per heavy atom. The van der Waals surface area contributed by atoms with E-state index in [0.717, 1.165) is 19.3 Å². The van der Waals surface area contributed by atoms with Gasteiger partial charge in [0, 0.05) is 5.54 Å². The molecule has 0 aromatic heterocycles. The number of carbonyl (C=O) groups is 1. The molecule has 64 valence electrons. The molecule has 0 aromatic carbocycles. The number of rotatable bonds is 1. The van der Waals surface area contributed by atoms with Crippen LogP contribution in [0.2, 0.25) is 0 Å². The highest BCUT2D eigenvalue weighted by atomic mass is 35.5. The van der Waals surface area contributed by atoms with Gasteiger partial charge in [-0.25, -0.2) is 0 Å². The molecule has 2 bridgehead atoms. The monoisotopic (exact) mass is 177 g/mol. The number of hydrogen-bond acceptors (Lipinski definition) is 2. The van der Waals surface area contributed by atoms with E-state index >= 15 is 0 Å². The van der Waals surface area contributed by atoms with Crippen molar-refractivity contribution in [2.75, 3.05) is 0 Å². The van der Waals surface area contributed by atoms with Gasteiger partial charge in [-0.2, -0.15) is 0 Å². The summed E-state index contributed by atoms with van der Waals surface area (Å²) in [5, 5.41) is 8.70. The molecule has 3 saturated carbocycles. The molecular formula is C7H12ClNO2. The zero-order chi connectivity index (χ0) is 7.35. The first-order valence-electron chi connectivity index (χ1n) is 3.63. The van der Waals surface area contributed by atoms with Crippen LogP contribution < -0.4 is 5.73 Å². The van der Waals surface area contributed by atoms with Crippen molar-refractivity contribution in [2.24, 2.45) is 17.6 Å². The predicted molar refractivity (Wildman–Crippen MR) is 42.6 cm³/mol. The van der Waals surface area contributed by atoms with Crippen LogP contribution in [0.3, 0.4) is 0 Å². The minimum absolute atomic E-state index is 0. The first-order chi connectivity index (χ1) is 4.62. The molecule has 0 aliphatic heterocycles. The Morgan fingerprint density at radius 3 is 2.27 bits per heavy atom. The van der Waals surface area contributed by atoms with Gasteiger partial charge in [-0.3, -0.25) is 4.79 Å². The molecule has 3 nitrogen and oxygen atoms in total. The third-order valence-electron chi connectivity index (χ3n) is 2.90. The fourth-order valence-corrected chi connectivity index (χ4v) is 2.38. The second kappa shape index (κ2) is 2.35. The fraction of sp³-hybridized carbons (Fsp3) is 0.857. The molecule has 0 radical (unpaired) electrons. The van der Waals surface area contributed by atoms with E-state index in [4.69, 9.17) is 10.8 Å². The topological polar surface area (TPSA) is 63.3 Å². The number of carboxylic acid groups (broad SMARTS) is 1. The van der Waals surface area contributed by atoms with Crippen molar-refractivity contribution in [2.45, 2.75) is 24.8 Å². The van der Waals surface area contributed by atoms with Crippen molar-refractivity contribution in [3.8, 4) is 0 Å². The lowest BCUT2D eigenvalue weighted by Gasteiger charge is -2.36. The van der Waals surface area contributed by atoms with Gasteiger partial charge in [0.1, 0.15) is 0 Å². The highest BCUT2D eigenvalue weighted by molar-refractivity contribution is 5.85. The Balaban J connectivity index is 0.000000605. The average Bonchev–Trinajstić information content (AvgIpc) is 2.17. The Morgan fingerprint density at radius 2 is 2.09 bits per heavy atom. The summed E-state index contributed by atoms with van der Waals surface area (Å²) in [5.41, 5.74) is 5.49. The predicted octanol–water partition coefficient (Wildman–Crippen LogP) is 0.620. The fourth-order valence-electron chi connectivity index (χ4n) is 2.38. The van der Waals surface area contributed by atoms with Crippen molar-refractivity contribution in [1.29, 1.82) is 0 Å². The lowest BCUT2D eigenvalue weighted by atomic mass is 9.75. The normalized spacial score (nSPS) is 45.9.